The van der Waals surface area contributed by atoms with Gasteiger partial charge in [-0.05, 0) is 13.0 Å². The molecule has 0 atom stereocenters. The molecule has 0 radical (unpaired) electrons. The molecule has 0 aromatic carbocycles. The van der Waals surface area contributed by atoms with E-state index in [1.165, 1.54) is 18.5 Å². The van der Waals surface area contributed by atoms with Crippen LogP contribution in [0.2, 0.25) is 0 Å². The van der Waals surface area contributed by atoms with Crippen molar-refractivity contribution in [3.8, 4) is 0 Å². The highest BCUT2D eigenvalue weighted by Crippen LogP contribution is 2.03. The van der Waals surface area contributed by atoms with Gasteiger partial charge in [0.15, 0.2) is 0 Å². The third-order valence-corrected chi connectivity index (χ3v) is 1.56. The lowest BCUT2D eigenvalue weighted by molar-refractivity contribution is 0.0526. The molecule has 0 spiro atoms. The molecule has 0 aliphatic rings. The van der Waals surface area contributed by atoms with Crippen molar-refractivity contribution in [2.24, 2.45) is 5.73 Å². The summed E-state index contributed by atoms with van der Waals surface area (Å²) in [6.45, 7) is 2.03. The van der Waals surface area contributed by atoms with Gasteiger partial charge >= 0.3 is 5.97 Å². The van der Waals surface area contributed by atoms with Crippen molar-refractivity contribution in [2.45, 2.75) is 6.92 Å². The Morgan fingerprint density at radius 1 is 1.57 bits per heavy atom. The number of pyridine rings is 1. The second-order valence-corrected chi connectivity index (χ2v) is 2.60. The maximum Gasteiger partial charge on any atom is 0.339 e. The van der Waals surface area contributed by atoms with Crippen LogP contribution in [0.4, 0.5) is 0 Å². The van der Waals surface area contributed by atoms with Crippen molar-refractivity contribution in [2.75, 3.05) is 6.61 Å². The molecule has 14 heavy (non-hydrogen) atoms. The molecule has 3 N–H and O–H groups in total. The molecule has 1 rings (SSSR count). The van der Waals surface area contributed by atoms with E-state index < -0.39 is 5.97 Å². The summed E-state index contributed by atoms with van der Waals surface area (Å²) in [5.74, 6) is -0.577. The Hall–Kier alpha value is -1.91. The number of nitrogens with zero attached hydrogens (tertiary/aromatic N) is 1. The quantitative estimate of drug-likeness (QED) is 0.416. The topological polar surface area (TPSA) is 89.1 Å². The van der Waals surface area contributed by atoms with E-state index in [0.29, 0.717) is 17.7 Å². The number of nitrogens with one attached hydrogen (secondary N) is 1. The summed E-state index contributed by atoms with van der Waals surface area (Å²) < 4.78 is 4.77. The first-order valence-corrected chi connectivity index (χ1v) is 4.11. The van der Waals surface area contributed by atoms with Gasteiger partial charge in [0.2, 0.25) is 0 Å². The lowest BCUT2D eigenvalue weighted by Gasteiger charge is -2.02. The molecular weight excluding hydrogens is 182 g/mol. The minimum absolute atomic E-state index is 0.122. The van der Waals surface area contributed by atoms with Crippen molar-refractivity contribution < 1.29 is 9.53 Å². The number of carbonyl (C=O) groups is 1. The number of hydrogen-bond acceptors (Lipinski definition) is 4. The fraction of sp³-hybridized carbons (Fsp3) is 0.222. The number of rotatable bonds is 3. The first-order chi connectivity index (χ1) is 6.65. The summed E-state index contributed by atoms with van der Waals surface area (Å²) >= 11 is 0. The zero-order chi connectivity index (χ0) is 10.6. The number of esters is 1. The normalized spacial score (nSPS) is 9.50. The fourth-order valence-corrected chi connectivity index (χ4v) is 0.913. The van der Waals surface area contributed by atoms with Crippen LogP contribution < -0.4 is 5.73 Å². The van der Waals surface area contributed by atoms with Gasteiger partial charge < -0.3 is 10.5 Å². The van der Waals surface area contributed by atoms with Crippen LogP contribution in [-0.2, 0) is 4.74 Å². The van der Waals surface area contributed by atoms with E-state index in [1.807, 2.05) is 0 Å². The van der Waals surface area contributed by atoms with Crippen LogP contribution in [0.15, 0.2) is 18.5 Å². The van der Waals surface area contributed by atoms with Gasteiger partial charge in [-0.15, -0.1) is 0 Å². The summed E-state index contributed by atoms with van der Waals surface area (Å²) in [7, 11) is 0. The van der Waals surface area contributed by atoms with Gasteiger partial charge in [-0.1, -0.05) is 0 Å². The smallest absolute Gasteiger partial charge is 0.339 e. The molecule has 0 saturated carbocycles. The Morgan fingerprint density at radius 3 is 2.79 bits per heavy atom. The first-order valence-electron chi connectivity index (χ1n) is 4.11. The van der Waals surface area contributed by atoms with E-state index in [0.717, 1.165) is 0 Å². The number of nitrogen functional groups attached to an aromatic ring is 1. The summed E-state index contributed by atoms with van der Waals surface area (Å²) in [5.41, 5.74) is 5.97. The number of hydrogen-bond donors (Lipinski definition) is 2. The van der Waals surface area contributed by atoms with E-state index in [9.17, 15) is 4.79 Å². The molecule has 5 heteroatoms. The molecule has 0 amide bonds. The minimum atomic E-state index is -0.455. The number of amidine groups is 1. The predicted molar refractivity (Wildman–Crippen MR) is 51.2 cm³/mol. The van der Waals surface area contributed by atoms with Gasteiger partial charge in [0.05, 0.1) is 12.2 Å². The molecule has 0 aliphatic carbocycles. The molecule has 0 bridgehead atoms. The highest BCUT2D eigenvalue weighted by atomic mass is 16.5. The van der Waals surface area contributed by atoms with Gasteiger partial charge in [0.1, 0.15) is 5.84 Å². The summed E-state index contributed by atoms with van der Waals surface area (Å²) in [6.07, 6.45) is 2.80. The Balaban J connectivity index is 2.93. The van der Waals surface area contributed by atoms with Gasteiger partial charge in [-0.3, -0.25) is 10.4 Å². The standard InChI is InChI=1S/C9H11N3O2/c1-2-14-9(13)7-3-6(8(10)11)4-12-5-7/h3-5H,2H2,1H3,(H3,10,11). The molecule has 5 nitrogen and oxygen atoms in total. The number of ether oxygens (including phenoxy) is 1. The highest BCUT2D eigenvalue weighted by molar-refractivity contribution is 5.97. The molecule has 0 unspecified atom stereocenters. The maximum atomic E-state index is 11.2. The highest BCUT2D eigenvalue weighted by Gasteiger charge is 2.08. The average Bonchev–Trinajstić information content (AvgIpc) is 2.18. The van der Waals surface area contributed by atoms with Gasteiger partial charge in [-0.2, -0.15) is 0 Å². The SMILES string of the molecule is CCOC(=O)c1cncc(C(=N)N)c1. The zero-order valence-electron chi connectivity index (χ0n) is 7.78. The Kier molecular flexibility index (Phi) is 3.17. The average molecular weight is 193 g/mol. The van der Waals surface area contributed by atoms with E-state index in [4.69, 9.17) is 15.9 Å². The molecule has 1 aromatic rings. The van der Waals surface area contributed by atoms with E-state index in [-0.39, 0.29) is 5.84 Å². The monoisotopic (exact) mass is 193 g/mol. The van der Waals surface area contributed by atoms with Crippen molar-refractivity contribution in [1.82, 2.24) is 4.98 Å². The first kappa shape index (κ1) is 10.2. The third kappa shape index (κ3) is 2.29. The van der Waals surface area contributed by atoms with Crippen molar-refractivity contribution in [3.63, 3.8) is 0 Å². The molecular formula is C9H11N3O2. The second kappa shape index (κ2) is 4.36. The van der Waals surface area contributed by atoms with Crippen LogP contribution in [0, 0.1) is 5.41 Å². The van der Waals surface area contributed by atoms with Crippen LogP contribution in [0.3, 0.4) is 0 Å². The molecule has 0 fully saturated rings. The molecule has 74 valence electrons. The number of carbonyl (C=O) groups excluding carboxylic acids is 1. The van der Waals surface area contributed by atoms with E-state index in [1.54, 1.807) is 6.92 Å². The summed E-state index contributed by atoms with van der Waals surface area (Å²) in [4.78, 5) is 15.0. The Bertz CT molecular complexity index is 363. The van der Waals surface area contributed by atoms with Gasteiger partial charge in [0, 0.05) is 18.0 Å². The van der Waals surface area contributed by atoms with Crippen molar-refractivity contribution in [1.29, 1.82) is 5.41 Å². The maximum absolute atomic E-state index is 11.2. The lowest BCUT2D eigenvalue weighted by atomic mass is 10.2. The number of aromatic nitrogens is 1. The van der Waals surface area contributed by atoms with Crippen molar-refractivity contribution in [3.05, 3.63) is 29.6 Å². The van der Waals surface area contributed by atoms with Crippen LogP contribution in [-0.4, -0.2) is 23.4 Å². The molecule has 0 aliphatic heterocycles. The van der Waals surface area contributed by atoms with Gasteiger partial charge in [0.25, 0.3) is 0 Å². The summed E-state index contributed by atoms with van der Waals surface area (Å²) in [6, 6.07) is 1.48. The zero-order valence-corrected chi connectivity index (χ0v) is 7.78. The van der Waals surface area contributed by atoms with E-state index in [2.05, 4.69) is 4.98 Å². The van der Waals surface area contributed by atoms with Crippen LogP contribution in [0.5, 0.6) is 0 Å². The third-order valence-electron chi connectivity index (χ3n) is 1.56. The Morgan fingerprint density at radius 2 is 2.21 bits per heavy atom. The van der Waals surface area contributed by atoms with Gasteiger partial charge in [-0.25, -0.2) is 4.79 Å². The predicted octanol–water partition coefficient (Wildman–Crippen LogP) is 0.542. The number of nitrogens with two attached hydrogens (primary N) is 1. The Labute approximate surface area is 81.4 Å². The second-order valence-electron chi connectivity index (χ2n) is 2.60. The largest absolute Gasteiger partial charge is 0.462 e. The van der Waals surface area contributed by atoms with Crippen molar-refractivity contribution >= 4 is 11.8 Å². The summed E-state index contributed by atoms with van der Waals surface area (Å²) in [5, 5.41) is 7.16. The van der Waals surface area contributed by atoms with Crippen LogP contribution in [0.1, 0.15) is 22.8 Å². The van der Waals surface area contributed by atoms with Crippen LogP contribution >= 0.6 is 0 Å². The molecule has 1 heterocycles. The minimum Gasteiger partial charge on any atom is -0.462 e. The molecule has 1 aromatic heterocycles. The van der Waals surface area contributed by atoms with Crippen LogP contribution in [0.25, 0.3) is 0 Å². The van der Waals surface area contributed by atoms with E-state index >= 15 is 0 Å². The fourth-order valence-electron chi connectivity index (χ4n) is 0.913. The molecule has 0 saturated heterocycles. The lowest BCUT2D eigenvalue weighted by Crippen LogP contribution is -2.13.